The zero-order valence-corrected chi connectivity index (χ0v) is 5.78. The third-order valence-corrected chi connectivity index (χ3v) is 1.86. The van der Waals surface area contributed by atoms with E-state index in [0.717, 1.165) is 5.92 Å². The van der Waals surface area contributed by atoms with Crippen LogP contribution in [0.3, 0.4) is 0 Å². The molecule has 0 aliphatic heterocycles. The Bertz CT molecular complexity index is 66.4. The third kappa shape index (κ3) is 1.50. The molecule has 1 unspecified atom stereocenters. The molecular weight excluding hydrogens is 96.1 g/mol. The normalized spacial score (nSPS) is 28.5. The van der Waals surface area contributed by atoms with E-state index in [-0.39, 0.29) is 0 Å². The summed E-state index contributed by atoms with van der Waals surface area (Å²) in [6.45, 7) is 4.44. The summed E-state index contributed by atoms with van der Waals surface area (Å²) in [5, 5.41) is 0. The Hall–Kier alpha value is 0. The Labute approximate surface area is 52.3 Å². The lowest BCUT2D eigenvalue weighted by Crippen LogP contribution is -1.75. The summed E-state index contributed by atoms with van der Waals surface area (Å²) in [5.74, 6) is 2.75. The zero-order chi connectivity index (χ0) is 5.98. The van der Waals surface area contributed by atoms with Gasteiger partial charge in [-0.15, -0.1) is 0 Å². The third-order valence-electron chi connectivity index (χ3n) is 1.86. The number of hydrogen-bond donors (Lipinski definition) is 0. The van der Waals surface area contributed by atoms with Crippen LogP contribution in [-0.2, 0) is 0 Å². The van der Waals surface area contributed by atoms with Crippen LogP contribution in [0.25, 0.3) is 0 Å². The van der Waals surface area contributed by atoms with Gasteiger partial charge in [0.1, 0.15) is 0 Å². The highest BCUT2D eigenvalue weighted by atomic mass is 14.4. The molecule has 1 rings (SSSR count). The second-order valence-electron chi connectivity index (χ2n) is 2.71. The van der Waals surface area contributed by atoms with Gasteiger partial charge in [0, 0.05) is 0 Å². The van der Waals surface area contributed by atoms with E-state index in [1.807, 2.05) is 0 Å². The maximum absolute atomic E-state index is 2.31. The topological polar surface area (TPSA) is 0 Å². The molecule has 0 nitrogen and oxygen atoms in total. The fourth-order valence-electron chi connectivity index (χ4n) is 1.01. The van der Waals surface area contributed by atoms with Gasteiger partial charge >= 0.3 is 0 Å². The predicted octanol–water partition coefficient (Wildman–Crippen LogP) is 2.61. The average molecular weight is 110 g/mol. The fourth-order valence-corrected chi connectivity index (χ4v) is 1.01. The molecule has 0 amide bonds. The van der Waals surface area contributed by atoms with E-state index < -0.39 is 0 Å². The summed E-state index contributed by atoms with van der Waals surface area (Å²) in [6.07, 6.45) is 6.31. The Balaban J connectivity index is 1.89. The van der Waals surface area contributed by atoms with Gasteiger partial charge in [0.15, 0.2) is 0 Å². The summed E-state index contributed by atoms with van der Waals surface area (Å²) in [7, 11) is 0. The first-order chi connectivity index (χ1) is 3.84. The van der Waals surface area contributed by atoms with Crippen LogP contribution in [0.5, 0.6) is 0 Å². The van der Waals surface area contributed by atoms with Crippen molar-refractivity contribution in [3.8, 4) is 0 Å². The highest BCUT2D eigenvalue weighted by Gasteiger charge is 2.31. The minimum atomic E-state index is 0.968. The maximum atomic E-state index is 2.31. The van der Waals surface area contributed by atoms with Gasteiger partial charge in [0.2, 0.25) is 0 Å². The minimum absolute atomic E-state index is 0.968. The molecule has 1 atom stereocenters. The molecule has 0 heteroatoms. The summed E-state index contributed by atoms with van der Waals surface area (Å²) in [5.41, 5.74) is 0. The van der Waals surface area contributed by atoms with Crippen LogP contribution in [0.15, 0.2) is 0 Å². The van der Waals surface area contributed by atoms with Crippen LogP contribution in [0, 0.1) is 18.3 Å². The minimum Gasteiger partial charge on any atom is -0.0623 e. The Kier molecular flexibility index (Phi) is 1.93. The fraction of sp³-hybridized carbons (Fsp3) is 0.750. The first-order valence-electron chi connectivity index (χ1n) is 3.47. The van der Waals surface area contributed by atoms with Gasteiger partial charge in [-0.1, -0.05) is 13.8 Å². The predicted molar refractivity (Wildman–Crippen MR) is 36.2 cm³/mol. The van der Waals surface area contributed by atoms with Gasteiger partial charge < -0.3 is 0 Å². The lowest BCUT2D eigenvalue weighted by Gasteiger charge is -1.90. The monoisotopic (exact) mass is 110 g/mol. The number of hydrogen-bond acceptors (Lipinski definition) is 0. The van der Waals surface area contributed by atoms with Gasteiger partial charge in [0.05, 0.1) is 0 Å². The molecule has 46 valence electrons. The van der Waals surface area contributed by atoms with Crippen molar-refractivity contribution in [2.45, 2.75) is 33.1 Å². The highest BCUT2D eigenvalue weighted by molar-refractivity contribution is 5.11. The van der Waals surface area contributed by atoms with Gasteiger partial charge in [-0.05, 0) is 37.5 Å². The van der Waals surface area contributed by atoms with E-state index >= 15 is 0 Å². The highest BCUT2D eigenvalue weighted by Crippen LogP contribution is 2.43. The molecule has 0 aromatic heterocycles. The van der Waals surface area contributed by atoms with Gasteiger partial charge in [-0.3, -0.25) is 0 Å². The van der Waals surface area contributed by atoms with Gasteiger partial charge in [-0.2, -0.15) is 0 Å². The first kappa shape index (κ1) is 6.12. The SMILES string of the molecule is C[CH]CC[C]1CC1C. The van der Waals surface area contributed by atoms with Crippen molar-refractivity contribution in [3.05, 3.63) is 12.3 Å². The Morgan fingerprint density at radius 3 is 2.75 bits per heavy atom. The standard InChI is InChI=1S/C8H14/c1-3-4-5-8-6-7(8)2/h3,7H,4-6H2,1-2H3. The zero-order valence-electron chi connectivity index (χ0n) is 5.78. The largest absolute Gasteiger partial charge is 0.0623 e. The van der Waals surface area contributed by atoms with Gasteiger partial charge in [-0.25, -0.2) is 0 Å². The van der Waals surface area contributed by atoms with E-state index in [0.29, 0.717) is 0 Å². The van der Waals surface area contributed by atoms with Crippen LogP contribution in [0.1, 0.15) is 33.1 Å². The molecule has 0 bridgehead atoms. The van der Waals surface area contributed by atoms with Crippen LogP contribution >= 0.6 is 0 Å². The summed E-state index contributed by atoms with van der Waals surface area (Å²) >= 11 is 0. The smallest absolute Gasteiger partial charge is 0.0210 e. The van der Waals surface area contributed by atoms with E-state index in [2.05, 4.69) is 20.3 Å². The second kappa shape index (κ2) is 2.52. The van der Waals surface area contributed by atoms with Crippen LogP contribution in [0.2, 0.25) is 0 Å². The van der Waals surface area contributed by atoms with E-state index in [4.69, 9.17) is 0 Å². The first-order valence-corrected chi connectivity index (χ1v) is 3.47. The molecule has 0 saturated heterocycles. The van der Waals surface area contributed by atoms with E-state index in [1.165, 1.54) is 19.3 Å². The molecule has 2 radical (unpaired) electrons. The van der Waals surface area contributed by atoms with Crippen molar-refractivity contribution in [1.82, 2.24) is 0 Å². The number of unbranched alkanes of at least 4 members (excludes halogenated alkanes) is 1. The average Bonchev–Trinajstić information content (AvgIpc) is 2.42. The van der Waals surface area contributed by atoms with Crippen molar-refractivity contribution >= 4 is 0 Å². The van der Waals surface area contributed by atoms with Crippen LogP contribution in [0.4, 0.5) is 0 Å². The maximum Gasteiger partial charge on any atom is -0.0210 e. The van der Waals surface area contributed by atoms with E-state index in [9.17, 15) is 0 Å². The van der Waals surface area contributed by atoms with Gasteiger partial charge in [0.25, 0.3) is 0 Å². The molecule has 0 spiro atoms. The Morgan fingerprint density at radius 2 is 2.38 bits per heavy atom. The molecule has 1 fully saturated rings. The summed E-state index contributed by atoms with van der Waals surface area (Å²) < 4.78 is 0. The molecule has 0 heterocycles. The molecule has 8 heavy (non-hydrogen) atoms. The van der Waals surface area contributed by atoms with Crippen molar-refractivity contribution in [3.63, 3.8) is 0 Å². The second-order valence-corrected chi connectivity index (χ2v) is 2.71. The molecule has 0 N–H and O–H groups in total. The lowest BCUT2D eigenvalue weighted by atomic mass is 10.2. The quantitative estimate of drug-likeness (QED) is 0.524. The van der Waals surface area contributed by atoms with Crippen LogP contribution in [-0.4, -0.2) is 0 Å². The molecule has 1 saturated carbocycles. The molecule has 1 aliphatic rings. The van der Waals surface area contributed by atoms with Crippen molar-refractivity contribution in [2.24, 2.45) is 5.92 Å². The van der Waals surface area contributed by atoms with Crippen molar-refractivity contribution in [1.29, 1.82) is 0 Å². The Morgan fingerprint density at radius 1 is 1.75 bits per heavy atom. The molecular formula is C8H14. The van der Waals surface area contributed by atoms with Crippen molar-refractivity contribution < 1.29 is 0 Å². The molecule has 0 aromatic rings. The molecule has 1 aliphatic carbocycles. The summed E-state index contributed by atoms with van der Waals surface area (Å²) in [6, 6.07) is 0. The van der Waals surface area contributed by atoms with Crippen LogP contribution < -0.4 is 0 Å². The number of rotatable bonds is 3. The van der Waals surface area contributed by atoms with E-state index in [1.54, 1.807) is 5.92 Å². The molecule has 0 aromatic carbocycles. The summed E-state index contributed by atoms with van der Waals surface area (Å²) in [4.78, 5) is 0. The lowest BCUT2D eigenvalue weighted by molar-refractivity contribution is 0.853. The van der Waals surface area contributed by atoms with Crippen molar-refractivity contribution in [2.75, 3.05) is 0 Å².